The highest BCUT2D eigenvalue weighted by Crippen LogP contribution is 1.93. The van der Waals surface area contributed by atoms with Gasteiger partial charge in [0.25, 0.3) is 5.90 Å². The first-order chi connectivity index (χ1) is 5.84. The highest BCUT2D eigenvalue weighted by Gasteiger charge is 2.15. The molecule has 0 saturated heterocycles. The van der Waals surface area contributed by atoms with Gasteiger partial charge in [0.05, 0.1) is 6.54 Å². The van der Waals surface area contributed by atoms with Crippen LogP contribution in [0.25, 0.3) is 0 Å². The molecule has 0 saturated carbocycles. The number of nitrogens with zero attached hydrogens (tertiary/aromatic N) is 1. The first kappa shape index (κ1) is 8.77. The highest BCUT2D eigenvalue weighted by molar-refractivity contribution is 6.35. The van der Waals surface area contributed by atoms with Crippen LogP contribution in [0.5, 0.6) is 0 Å². The maximum atomic E-state index is 11.1. The average molecular weight is 168 g/mol. The third-order valence-electron chi connectivity index (χ3n) is 1.40. The van der Waals surface area contributed by atoms with E-state index >= 15 is 0 Å². The summed E-state index contributed by atoms with van der Waals surface area (Å²) in [6.07, 6.45) is 3.73. The van der Waals surface area contributed by atoms with E-state index in [1.807, 2.05) is 19.1 Å². The molecule has 1 aliphatic rings. The molecule has 0 aromatic rings. The monoisotopic (exact) mass is 168 g/mol. The maximum Gasteiger partial charge on any atom is 0.306 e. The fourth-order valence-electron chi connectivity index (χ4n) is 0.818. The molecule has 0 unspecified atom stereocenters. The first-order valence-corrected chi connectivity index (χ1v) is 3.91. The normalized spacial score (nSPS) is 15.9. The molecule has 1 aliphatic heterocycles. The molecule has 0 aromatic carbocycles. The van der Waals surface area contributed by atoms with Crippen LogP contribution in [0.4, 0.5) is 0 Å². The summed E-state index contributed by atoms with van der Waals surface area (Å²) in [5.41, 5.74) is 0. The molecule has 1 N–H and O–H groups in total. The molecule has 0 radical (unpaired) electrons. The topological polar surface area (TPSA) is 50.7 Å². The number of ether oxygens (including phenoxy) is 1. The standard InChI is InChI=1S/C8H12N2O2/c1-2-3-4-9-7(11)8-10-5-6-12-8/h2-3H,4-6H2,1H3,(H,9,11)/b3-2+. The van der Waals surface area contributed by atoms with Crippen molar-refractivity contribution in [1.29, 1.82) is 0 Å². The second-order valence-electron chi connectivity index (χ2n) is 2.31. The highest BCUT2D eigenvalue weighted by atomic mass is 16.5. The van der Waals surface area contributed by atoms with Gasteiger partial charge in [0, 0.05) is 6.54 Å². The molecule has 66 valence electrons. The lowest BCUT2D eigenvalue weighted by Gasteiger charge is -2.00. The zero-order chi connectivity index (χ0) is 8.81. The zero-order valence-electron chi connectivity index (χ0n) is 7.04. The van der Waals surface area contributed by atoms with Gasteiger partial charge in [-0.15, -0.1) is 0 Å². The molecular weight excluding hydrogens is 156 g/mol. The zero-order valence-corrected chi connectivity index (χ0v) is 7.04. The van der Waals surface area contributed by atoms with Crippen LogP contribution in [-0.4, -0.2) is 31.5 Å². The predicted octanol–water partition coefficient (Wildman–Crippen LogP) is 0.107. The molecule has 0 aromatic heterocycles. The molecule has 0 spiro atoms. The lowest BCUT2D eigenvalue weighted by atomic mass is 10.5. The lowest BCUT2D eigenvalue weighted by Crippen LogP contribution is -2.31. The number of hydrogen-bond acceptors (Lipinski definition) is 3. The van der Waals surface area contributed by atoms with Gasteiger partial charge in [-0.1, -0.05) is 12.2 Å². The van der Waals surface area contributed by atoms with Gasteiger partial charge < -0.3 is 10.1 Å². The Bertz CT molecular complexity index is 221. The predicted molar refractivity (Wildman–Crippen MR) is 46.1 cm³/mol. The Balaban J connectivity index is 2.28. The largest absolute Gasteiger partial charge is 0.472 e. The fraction of sp³-hybridized carbons (Fsp3) is 0.500. The summed E-state index contributed by atoms with van der Waals surface area (Å²) in [5, 5.41) is 2.64. The molecule has 1 amide bonds. The van der Waals surface area contributed by atoms with Crippen LogP contribution in [0.3, 0.4) is 0 Å². The Labute approximate surface area is 71.3 Å². The summed E-state index contributed by atoms with van der Waals surface area (Å²) >= 11 is 0. The average Bonchev–Trinajstić information content (AvgIpc) is 2.56. The van der Waals surface area contributed by atoms with Gasteiger partial charge in [-0.2, -0.15) is 0 Å². The Hall–Kier alpha value is -1.32. The van der Waals surface area contributed by atoms with E-state index in [2.05, 4.69) is 10.3 Å². The molecule has 4 heteroatoms. The van der Waals surface area contributed by atoms with Crippen LogP contribution in [0.2, 0.25) is 0 Å². The van der Waals surface area contributed by atoms with Gasteiger partial charge in [0.2, 0.25) is 0 Å². The van der Waals surface area contributed by atoms with Crippen LogP contribution in [0, 0.1) is 0 Å². The van der Waals surface area contributed by atoms with E-state index in [9.17, 15) is 4.79 Å². The van der Waals surface area contributed by atoms with Crippen molar-refractivity contribution in [3.8, 4) is 0 Å². The van der Waals surface area contributed by atoms with Gasteiger partial charge in [-0.25, -0.2) is 4.99 Å². The van der Waals surface area contributed by atoms with Gasteiger partial charge in [-0.3, -0.25) is 4.79 Å². The molecule has 0 aliphatic carbocycles. The van der Waals surface area contributed by atoms with E-state index in [0.717, 1.165) is 0 Å². The fourth-order valence-corrected chi connectivity index (χ4v) is 0.818. The van der Waals surface area contributed by atoms with Crippen LogP contribution in [0.1, 0.15) is 6.92 Å². The van der Waals surface area contributed by atoms with E-state index in [-0.39, 0.29) is 11.8 Å². The van der Waals surface area contributed by atoms with Crippen molar-refractivity contribution in [3.63, 3.8) is 0 Å². The van der Waals surface area contributed by atoms with Gasteiger partial charge >= 0.3 is 5.91 Å². The number of carbonyl (C=O) groups is 1. The molecule has 0 fully saturated rings. The van der Waals surface area contributed by atoms with Crippen LogP contribution in [-0.2, 0) is 9.53 Å². The summed E-state index contributed by atoms with van der Waals surface area (Å²) < 4.78 is 4.96. The van der Waals surface area contributed by atoms with Crippen LogP contribution >= 0.6 is 0 Å². The Morgan fingerprint density at radius 2 is 2.67 bits per heavy atom. The smallest absolute Gasteiger partial charge is 0.306 e. The van der Waals surface area contributed by atoms with Crippen LogP contribution < -0.4 is 5.32 Å². The number of aliphatic imine (C=N–C) groups is 1. The van der Waals surface area contributed by atoms with Crippen LogP contribution in [0.15, 0.2) is 17.1 Å². The number of carbonyl (C=O) groups excluding carboxylic acids is 1. The van der Waals surface area contributed by atoms with Crippen molar-refractivity contribution in [1.82, 2.24) is 5.32 Å². The minimum absolute atomic E-state index is 0.208. The van der Waals surface area contributed by atoms with Gasteiger partial charge in [0.1, 0.15) is 6.61 Å². The maximum absolute atomic E-state index is 11.1. The van der Waals surface area contributed by atoms with E-state index in [4.69, 9.17) is 4.74 Å². The summed E-state index contributed by atoms with van der Waals surface area (Å²) in [6.45, 7) is 3.53. The minimum Gasteiger partial charge on any atom is -0.472 e. The Morgan fingerprint density at radius 1 is 1.83 bits per heavy atom. The third-order valence-corrected chi connectivity index (χ3v) is 1.40. The van der Waals surface area contributed by atoms with E-state index in [0.29, 0.717) is 19.7 Å². The number of allylic oxidation sites excluding steroid dienone is 1. The summed E-state index contributed by atoms with van der Waals surface area (Å²) in [5.74, 6) is -0.0231. The minimum atomic E-state index is -0.231. The number of nitrogens with one attached hydrogen (secondary N) is 1. The molecule has 4 nitrogen and oxygen atoms in total. The van der Waals surface area contributed by atoms with Gasteiger partial charge in [0.15, 0.2) is 0 Å². The molecular formula is C8H12N2O2. The van der Waals surface area contributed by atoms with E-state index < -0.39 is 0 Å². The molecule has 1 heterocycles. The molecule has 1 rings (SSSR count). The summed E-state index contributed by atoms with van der Waals surface area (Å²) in [7, 11) is 0. The second-order valence-corrected chi connectivity index (χ2v) is 2.31. The number of rotatable bonds is 3. The third kappa shape index (κ3) is 2.38. The summed E-state index contributed by atoms with van der Waals surface area (Å²) in [6, 6.07) is 0. The SMILES string of the molecule is C/C=C/CNC(=O)C1=NCCO1. The first-order valence-electron chi connectivity index (χ1n) is 3.91. The van der Waals surface area contributed by atoms with Crippen molar-refractivity contribution < 1.29 is 9.53 Å². The molecule has 0 atom stereocenters. The Morgan fingerprint density at radius 3 is 3.25 bits per heavy atom. The van der Waals surface area contributed by atoms with Crippen molar-refractivity contribution in [2.45, 2.75) is 6.92 Å². The van der Waals surface area contributed by atoms with Gasteiger partial charge in [-0.05, 0) is 6.92 Å². The number of hydrogen-bond donors (Lipinski definition) is 1. The van der Waals surface area contributed by atoms with Crippen molar-refractivity contribution in [3.05, 3.63) is 12.2 Å². The van der Waals surface area contributed by atoms with E-state index in [1.54, 1.807) is 0 Å². The quantitative estimate of drug-likeness (QED) is 0.608. The number of amides is 1. The lowest BCUT2D eigenvalue weighted by molar-refractivity contribution is -0.115. The second kappa shape index (κ2) is 4.54. The molecule has 12 heavy (non-hydrogen) atoms. The van der Waals surface area contributed by atoms with Crippen molar-refractivity contribution >= 4 is 11.8 Å². The molecule has 0 bridgehead atoms. The van der Waals surface area contributed by atoms with E-state index in [1.165, 1.54) is 0 Å². The Kier molecular flexibility index (Phi) is 3.32. The summed E-state index contributed by atoms with van der Waals surface area (Å²) in [4.78, 5) is 15.0. The van der Waals surface area contributed by atoms with Crippen molar-refractivity contribution in [2.24, 2.45) is 4.99 Å². The van der Waals surface area contributed by atoms with Crippen molar-refractivity contribution in [2.75, 3.05) is 19.7 Å².